The zero-order chi connectivity index (χ0) is 17.9. The quantitative estimate of drug-likeness (QED) is 0.675. The molecule has 132 valence electrons. The van der Waals surface area contributed by atoms with Gasteiger partial charge in [-0.3, -0.25) is 4.90 Å². The highest BCUT2D eigenvalue weighted by molar-refractivity contribution is 6.30. The summed E-state index contributed by atoms with van der Waals surface area (Å²) in [5.41, 5.74) is 10.4. The van der Waals surface area contributed by atoms with E-state index >= 15 is 0 Å². The summed E-state index contributed by atoms with van der Waals surface area (Å²) in [5, 5.41) is 0.742. The second-order valence-electron chi connectivity index (χ2n) is 6.90. The van der Waals surface area contributed by atoms with Crippen molar-refractivity contribution in [3.8, 4) is 0 Å². The van der Waals surface area contributed by atoms with Gasteiger partial charge in [-0.05, 0) is 35.2 Å². The summed E-state index contributed by atoms with van der Waals surface area (Å²) in [6.45, 7) is 1.05. The molecule has 4 rings (SSSR count). The van der Waals surface area contributed by atoms with Gasteiger partial charge in [-0.1, -0.05) is 84.4 Å². The zero-order valence-corrected chi connectivity index (χ0v) is 15.4. The molecule has 0 aliphatic carbocycles. The van der Waals surface area contributed by atoms with Crippen LogP contribution in [0, 0.1) is 0 Å². The van der Waals surface area contributed by atoms with E-state index < -0.39 is 0 Å². The van der Waals surface area contributed by atoms with Crippen LogP contribution in [0.15, 0.2) is 84.9 Å². The lowest BCUT2D eigenvalue weighted by atomic mass is 9.85. The number of nitrogens with zero attached hydrogens (tertiary/aromatic N) is 1. The number of rotatable bonds is 5. The second kappa shape index (κ2) is 7.63. The predicted octanol–water partition coefficient (Wildman–Crippen LogP) is 5.20. The molecule has 3 heteroatoms. The first-order valence-corrected chi connectivity index (χ1v) is 9.48. The number of nitrogens with two attached hydrogens (primary N) is 1. The maximum absolute atomic E-state index is 6.65. The van der Waals surface area contributed by atoms with Gasteiger partial charge in [0, 0.05) is 23.7 Å². The fraction of sp³-hybridized carbons (Fsp3) is 0.217. The normalized spacial score (nSPS) is 18.5. The molecule has 3 aromatic rings. The Morgan fingerprint density at radius 2 is 1.38 bits per heavy atom. The molecule has 0 amide bonds. The molecule has 26 heavy (non-hydrogen) atoms. The SMILES string of the molecule is N[C@H](c1cccc(Cl)c1)[C@H]1CCN1C(c1ccccc1)c1ccccc1. The van der Waals surface area contributed by atoms with Crippen molar-refractivity contribution in [1.82, 2.24) is 4.90 Å². The minimum Gasteiger partial charge on any atom is -0.323 e. The zero-order valence-electron chi connectivity index (χ0n) is 14.6. The first kappa shape index (κ1) is 17.3. The van der Waals surface area contributed by atoms with Gasteiger partial charge in [-0.15, -0.1) is 0 Å². The van der Waals surface area contributed by atoms with E-state index in [4.69, 9.17) is 17.3 Å². The molecule has 2 atom stereocenters. The van der Waals surface area contributed by atoms with Gasteiger partial charge < -0.3 is 5.73 Å². The van der Waals surface area contributed by atoms with Crippen molar-refractivity contribution in [2.24, 2.45) is 5.73 Å². The molecule has 3 aromatic carbocycles. The third-order valence-corrected chi connectivity index (χ3v) is 5.55. The molecule has 1 aliphatic rings. The minimum atomic E-state index is -0.0441. The first-order valence-electron chi connectivity index (χ1n) is 9.11. The van der Waals surface area contributed by atoms with Crippen LogP contribution >= 0.6 is 11.6 Å². The van der Waals surface area contributed by atoms with Crippen LogP contribution in [0.25, 0.3) is 0 Å². The largest absolute Gasteiger partial charge is 0.323 e. The maximum atomic E-state index is 6.65. The van der Waals surface area contributed by atoms with Crippen LogP contribution in [-0.4, -0.2) is 17.5 Å². The Bertz CT molecular complexity index is 811. The van der Waals surface area contributed by atoms with E-state index in [-0.39, 0.29) is 12.1 Å². The Hall–Kier alpha value is -2.13. The average Bonchev–Trinajstić information content (AvgIpc) is 2.66. The van der Waals surface area contributed by atoms with Crippen LogP contribution < -0.4 is 5.73 Å². The average molecular weight is 363 g/mol. The molecule has 2 nitrogen and oxygen atoms in total. The molecule has 0 bridgehead atoms. The maximum Gasteiger partial charge on any atom is 0.0604 e. The lowest BCUT2D eigenvalue weighted by molar-refractivity contribution is 0.0393. The van der Waals surface area contributed by atoms with Crippen molar-refractivity contribution in [3.63, 3.8) is 0 Å². The van der Waals surface area contributed by atoms with Gasteiger partial charge in [-0.25, -0.2) is 0 Å². The predicted molar refractivity (Wildman–Crippen MR) is 108 cm³/mol. The van der Waals surface area contributed by atoms with Gasteiger partial charge in [-0.2, -0.15) is 0 Å². The Balaban J connectivity index is 1.66. The van der Waals surface area contributed by atoms with Crippen molar-refractivity contribution < 1.29 is 0 Å². The van der Waals surface area contributed by atoms with Crippen molar-refractivity contribution in [3.05, 3.63) is 107 Å². The van der Waals surface area contributed by atoms with Crippen LogP contribution in [0.4, 0.5) is 0 Å². The molecule has 1 fully saturated rings. The van der Waals surface area contributed by atoms with E-state index in [9.17, 15) is 0 Å². The number of hydrogen-bond donors (Lipinski definition) is 1. The highest BCUT2D eigenvalue weighted by Gasteiger charge is 2.39. The van der Waals surface area contributed by atoms with Crippen LogP contribution in [0.3, 0.4) is 0 Å². The van der Waals surface area contributed by atoms with Crippen LogP contribution in [0.5, 0.6) is 0 Å². The third-order valence-electron chi connectivity index (χ3n) is 5.32. The topological polar surface area (TPSA) is 29.3 Å². The summed E-state index contributed by atoms with van der Waals surface area (Å²) >= 11 is 6.18. The monoisotopic (exact) mass is 362 g/mol. The molecule has 1 aliphatic heterocycles. The molecule has 0 unspecified atom stereocenters. The van der Waals surface area contributed by atoms with Crippen molar-refractivity contribution in [2.75, 3.05) is 6.54 Å². The first-order chi connectivity index (χ1) is 12.7. The summed E-state index contributed by atoms with van der Waals surface area (Å²) in [7, 11) is 0. The smallest absolute Gasteiger partial charge is 0.0604 e. The van der Waals surface area contributed by atoms with E-state index in [2.05, 4.69) is 71.6 Å². The molecule has 1 heterocycles. The number of hydrogen-bond acceptors (Lipinski definition) is 2. The molecule has 0 spiro atoms. The highest BCUT2D eigenvalue weighted by Crippen LogP contribution is 2.39. The molecular formula is C23H23ClN2. The summed E-state index contributed by atoms with van der Waals surface area (Å²) in [4.78, 5) is 2.52. The third kappa shape index (κ3) is 3.41. The van der Waals surface area contributed by atoms with Gasteiger partial charge in [0.15, 0.2) is 0 Å². The Kier molecular flexibility index (Phi) is 5.07. The molecule has 0 aromatic heterocycles. The van der Waals surface area contributed by atoms with Gasteiger partial charge in [0.2, 0.25) is 0 Å². The lowest BCUT2D eigenvalue weighted by Crippen LogP contribution is -2.54. The van der Waals surface area contributed by atoms with Crippen LogP contribution in [-0.2, 0) is 0 Å². The van der Waals surface area contributed by atoms with Crippen molar-refractivity contribution >= 4 is 11.6 Å². The van der Waals surface area contributed by atoms with E-state index in [1.165, 1.54) is 11.1 Å². The summed E-state index contributed by atoms with van der Waals surface area (Å²) < 4.78 is 0. The summed E-state index contributed by atoms with van der Waals surface area (Å²) in [6.07, 6.45) is 1.10. The molecule has 1 saturated heterocycles. The van der Waals surface area contributed by atoms with Crippen molar-refractivity contribution in [1.29, 1.82) is 0 Å². The van der Waals surface area contributed by atoms with Gasteiger partial charge in [0.25, 0.3) is 0 Å². The highest BCUT2D eigenvalue weighted by atomic mass is 35.5. The Labute approximate surface area is 160 Å². The van der Waals surface area contributed by atoms with E-state index in [1.54, 1.807) is 0 Å². The van der Waals surface area contributed by atoms with E-state index in [0.29, 0.717) is 6.04 Å². The van der Waals surface area contributed by atoms with E-state index in [1.807, 2.05) is 18.2 Å². The summed E-state index contributed by atoms with van der Waals surface area (Å²) in [5.74, 6) is 0. The molecule has 0 saturated carbocycles. The molecular weight excluding hydrogens is 340 g/mol. The number of halogens is 1. The second-order valence-corrected chi connectivity index (χ2v) is 7.33. The summed E-state index contributed by atoms with van der Waals surface area (Å²) in [6, 6.07) is 29.8. The van der Waals surface area contributed by atoms with Gasteiger partial charge in [0.05, 0.1) is 6.04 Å². The van der Waals surface area contributed by atoms with Crippen LogP contribution in [0.1, 0.15) is 35.2 Å². The van der Waals surface area contributed by atoms with E-state index in [0.717, 1.165) is 23.6 Å². The minimum absolute atomic E-state index is 0.0441. The van der Waals surface area contributed by atoms with Gasteiger partial charge >= 0.3 is 0 Å². The fourth-order valence-electron chi connectivity index (χ4n) is 3.92. The van der Waals surface area contributed by atoms with Crippen LogP contribution in [0.2, 0.25) is 5.02 Å². The lowest BCUT2D eigenvalue weighted by Gasteiger charge is -2.49. The van der Waals surface area contributed by atoms with Gasteiger partial charge in [0.1, 0.15) is 0 Å². The Morgan fingerprint density at radius 3 is 1.88 bits per heavy atom. The molecule has 2 N–H and O–H groups in total. The number of likely N-dealkylation sites (tertiary alicyclic amines) is 1. The Morgan fingerprint density at radius 1 is 0.808 bits per heavy atom. The number of benzene rings is 3. The molecule has 0 radical (unpaired) electrons. The fourth-order valence-corrected chi connectivity index (χ4v) is 4.11. The standard InChI is InChI=1S/C23H23ClN2/c24-20-13-7-12-19(16-20)22(25)21-14-15-26(21)23(17-8-3-1-4-9-17)18-10-5-2-6-11-18/h1-13,16,21-23H,14-15,25H2/t21-,22-/m1/s1. The van der Waals surface area contributed by atoms with Crippen molar-refractivity contribution in [2.45, 2.75) is 24.5 Å².